The molecule has 118 valence electrons. The molecule has 1 aromatic rings. The van der Waals surface area contributed by atoms with Gasteiger partial charge in [-0.25, -0.2) is 0 Å². The minimum atomic E-state index is -0.0389. The van der Waals surface area contributed by atoms with Gasteiger partial charge in [0.25, 0.3) is 0 Å². The van der Waals surface area contributed by atoms with Gasteiger partial charge in [-0.15, -0.1) is 0 Å². The smallest absolute Gasteiger partial charge is 0.0643 e. The second-order valence-electron chi connectivity index (χ2n) is 7.97. The lowest BCUT2D eigenvalue weighted by molar-refractivity contribution is 0.180. The molecular weight excluding hydrogens is 258 g/mol. The van der Waals surface area contributed by atoms with Crippen LogP contribution in [-0.4, -0.2) is 15.3 Å². The van der Waals surface area contributed by atoms with Gasteiger partial charge in [0.15, 0.2) is 0 Å². The number of aromatic nitrogens is 2. The van der Waals surface area contributed by atoms with Crippen molar-refractivity contribution in [1.29, 1.82) is 0 Å². The van der Waals surface area contributed by atoms with Crippen molar-refractivity contribution in [3.63, 3.8) is 0 Å². The first kappa shape index (κ1) is 15.1. The van der Waals surface area contributed by atoms with Crippen LogP contribution in [0.15, 0.2) is 12.3 Å². The van der Waals surface area contributed by atoms with Crippen LogP contribution in [0.25, 0.3) is 0 Å². The van der Waals surface area contributed by atoms with Crippen LogP contribution in [0.3, 0.4) is 0 Å². The Morgan fingerprint density at radius 2 is 1.86 bits per heavy atom. The summed E-state index contributed by atoms with van der Waals surface area (Å²) in [6, 6.07) is 2.83. The van der Waals surface area contributed by atoms with Gasteiger partial charge < -0.3 is 5.73 Å². The molecular formula is C18H31N3. The first-order valence-electron chi connectivity index (χ1n) is 8.87. The molecule has 0 aromatic carbocycles. The van der Waals surface area contributed by atoms with E-state index >= 15 is 0 Å². The maximum atomic E-state index is 6.71. The Morgan fingerprint density at radius 3 is 2.52 bits per heavy atom. The fourth-order valence-corrected chi connectivity index (χ4v) is 4.85. The van der Waals surface area contributed by atoms with E-state index in [2.05, 4.69) is 30.8 Å². The molecule has 2 N–H and O–H groups in total. The van der Waals surface area contributed by atoms with Crippen molar-refractivity contribution >= 4 is 0 Å². The molecule has 21 heavy (non-hydrogen) atoms. The summed E-state index contributed by atoms with van der Waals surface area (Å²) in [6.07, 6.45) is 13.5. The highest BCUT2D eigenvalue weighted by atomic mass is 15.3. The summed E-state index contributed by atoms with van der Waals surface area (Å²) in [5.41, 5.74) is 7.87. The molecule has 3 rings (SSSR count). The summed E-state index contributed by atoms with van der Waals surface area (Å²) >= 11 is 0. The maximum Gasteiger partial charge on any atom is 0.0643 e. The fourth-order valence-electron chi connectivity index (χ4n) is 4.85. The van der Waals surface area contributed by atoms with Crippen molar-refractivity contribution in [3.8, 4) is 0 Å². The van der Waals surface area contributed by atoms with Crippen LogP contribution in [-0.2, 0) is 6.42 Å². The van der Waals surface area contributed by atoms with E-state index in [-0.39, 0.29) is 5.54 Å². The van der Waals surface area contributed by atoms with Crippen molar-refractivity contribution in [2.45, 2.75) is 83.2 Å². The van der Waals surface area contributed by atoms with Gasteiger partial charge in [-0.05, 0) is 50.0 Å². The molecule has 2 fully saturated rings. The van der Waals surface area contributed by atoms with Crippen LogP contribution in [0, 0.1) is 11.8 Å². The zero-order valence-electron chi connectivity index (χ0n) is 13.7. The summed E-state index contributed by atoms with van der Waals surface area (Å²) in [7, 11) is 0. The molecule has 0 saturated heterocycles. The highest BCUT2D eigenvalue weighted by Crippen LogP contribution is 2.36. The lowest BCUT2D eigenvalue weighted by atomic mass is 9.70. The van der Waals surface area contributed by atoms with Crippen LogP contribution in [0.4, 0.5) is 0 Å². The molecule has 2 aliphatic carbocycles. The zero-order valence-corrected chi connectivity index (χ0v) is 13.7. The van der Waals surface area contributed by atoms with Gasteiger partial charge in [0.2, 0.25) is 0 Å². The number of nitrogens with two attached hydrogens (primary N) is 1. The summed E-state index contributed by atoms with van der Waals surface area (Å²) < 4.78 is 2.22. The SMILES string of the molecule is CC1CC(C)CC(N)(Cc2ccn(C3CCCCC3)n2)C1. The summed E-state index contributed by atoms with van der Waals surface area (Å²) in [6.45, 7) is 4.69. The molecule has 2 unspecified atom stereocenters. The van der Waals surface area contributed by atoms with Gasteiger partial charge in [-0.2, -0.15) is 5.10 Å². The summed E-state index contributed by atoms with van der Waals surface area (Å²) in [5, 5.41) is 4.86. The third kappa shape index (κ3) is 3.68. The van der Waals surface area contributed by atoms with E-state index in [9.17, 15) is 0 Å². The summed E-state index contributed by atoms with van der Waals surface area (Å²) in [4.78, 5) is 0. The van der Waals surface area contributed by atoms with Gasteiger partial charge in [0.05, 0.1) is 11.7 Å². The Hall–Kier alpha value is -0.830. The van der Waals surface area contributed by atoms with Crippen molar-refractivity contribution in [3.05, 3.63) is 18.0 Å². The Labute approximate surface area is 129 Å². The monoisotopic (exact) mass is 289 g/mol. The molecule has 2 aliphatic rings. The maximum absolute atomic E-state index is 6.71. The largest absolute Gasteiger partial charge is 0.325 e. The third-order valence-corrected chi connectivity index (χ3v) is 5.46. The number of hydrogen-bond acceptors (Lipinski definition) is 2. The second kappa shape index (κ2) is 6.12. The number of rotatable bonds is 3. The van der Waals surface area contributed by atoms with Gasteiger partial charge in [0.1, 0.15) is 0 Å². The Bertz CT molecular complexity index is 449. The van der Waals surface area contributed by atoms with Crippen molar-refractivity contribution in [2.75, 3.05) is 0 Å². The molecule has 1 aromatic heterocycles. The Kier molecular flexibility index (Phi) is 4.39. The summed E-state index contributed by atoms with van der Waals surface area (Å²) in [5.74, 6) is 1.50. The molecule has 1 heterocycles. The predicted octanol–water partition coefficient (Wildman–Crippen LogP) is 4.08. The van der Waals surface area contributed by atoms with Crippen molar-refractivity contribution < 1.29 is 0 Å². The van der Waals surface area contributed by atoms with E-state index in [0.717, 1.165) is 31.1 Å². The van der Waals surface area contributed by atoms with Gasteiger partial charge in [-0.1, -0.05) is 33.1 Å². The van der Waals surface area contributed by atoms with Gasteiger partial charge in [-0.3, -0.25) is 4.68 Å². The Balaban J connectivity index is 1.66. The van der Waals surface area contributed by atoms with E-state index in [0.29, 0.717) is 6.04 Å². The first-order chi connectivity index (χ1) is 10.0. The van der Waals surface area contributed by atoms with Crippen LogP contribution in [0.5, 0.6) is 0 Å². The van der Waals surface area contributed by atoms with Crippen LogP contribution in [0.1, 0.15) is 76.9 Å². The van der Waals surface area contributed by atoms with Gasteiger partial charge >= 0.3 is 0 Å². The van der Waals surface area contributed by atoms with E-state index < -0.39 is 0 Å². The molecule has 3 nitrogen and oxygen atoms in total. The van der Waals surface area contributed by atoms with E-state index in [1.54, 1.807) is 0 Å². The number of hydrogen-bond donors (Lipinski definition) is 1. The van der Waals surface area contributed by atoms with Crippen LogP contribution < -0.4 is 5.73 Å². The number of nitrogens with zero attached hydrogens (tertiary/aromatic N) is 2. The average Bonchev–Trinajstić information content (AvgIpc) is 2.85. The highest BCUT2D eigenvalue weighted by molar-refractivity contribution is 5.08. The minimum absolute atomic E-state index is 0.0389. The average molecular weight is 289 g/mol. The molecule has 3 heteroatoms. The molecule has 0 bridgehead atoms. The first-order valence-corrected chi connectivity index (χ1v) is 8.87. The fraction of sp³-hybridized carbons (Fsp3) is 0.833. The third-order valence-electron chi connectivity index (χ3n) is 5.46. The standard InChI is InChI=1S/C18H31N3/c1-14-10-15(2)12-18(19,11-14)13-16-8-9-21(20-16)17-6-4-3-5-7-17/h8-9,14-15,17H,3-7,10-13,19H2,1-2H3. The predicted molar refractivity (Wildman–Crippen MR) is 87.2 cm³/mol. The van der Waals surface area contributed by atoms with E-state index in [1.807, 2.05) is 0 Å². The lowest BCUT2D eigenvalue weighted by Gasteiger charge is -2.40. The quantitative estimate of drug-likeness (QED) is 0.911. The molecule has 0 aliphatic heterocycles. The molecule has 0 radical (unpaired) electrons. The van der Waals surface area contributed by atoms with Gasteiger partial charge in [0, 0.05) is 18.2 Å². The normalized spacial score (nSPS) is 35.0. The topological polar surface area (TPSA) is 43.8 Å². The van der Waals surface area contributed by atoms with Crippen LogP contribution >= 0.6 is 0 Å². The van der Waals surface area contributed by atoms with E-state index in [1.165, 1.54) is 44.2 Å². The second-order valence-corrected chi connectivity index (χ2v) is 7.97. The highest BCUT2D eigenvalue weighted by Gasteiger charge is 2.35. The minimum Gasteiger partial charge on any atom is -0.325 e. The van der Waals surface area contributed by atoms with Crippen LogP contribution in [0.2, 0.25) is 0 Å². The molecule has 0 amide bonds. The van der Waals surface area contributed by atoms with E-state index in [4.69, 9.17) is 10.8 Å². The lowest BCUT2D eigenvalue weighted by Crippen LogP contribution is -2.48. The van der Waals surface area contributed by atoms with Crippen molar-refractivity contribution in [2.24, 2.45) is 17.6 Å². The van der Waals surface area contributed by atoms with Crippen molar-refractivity contribution in [1.82, 2.24) is 9.78 Å². The molecule has 2 atom stereocenters. The zero-order chi connectivity index (χ0) is 14.9. The Morgan fingerprint density at radius 1 is 1.19 bits per heavy atom. The molecule has 0 spiro atoms. The molecule has 2 saturated carbocycles.